The van der Waals surface area contributed by atoms with E-state index in [4.69, 9.17) is 5.73 Å². The van der Waals surface area contributed by atoms with Gasteiger partial charge in [-0.25, -0.2) is 4.98 Å². The molecule has 88 valence electrons. The number of nitrogen functional groups attached to an aromatic ring is 1. The van der Waals surface area contributed by atoms with Crippen LogP contribution >= 0.6 is 0 Å². The summed E-state index contributed by atoms with van der Waals surface area (Å²) in [7, 11) is 0. The third-order valence-corrected chi connectivity index (χ3v) is 2.71. The average Bonchev–Trinajstić information content (AvgIpc) is 2.38. The molecule has 0 bridgehead atoms. The summed E-state index contributed by atoms with van der Waals surface area (Å²) in [4.78, 5) is 8.78. The second-order valence-electron chi connectivity index (χ2n) is 4.05. The molecule has 0 aliphatic rings. The zero-order chi connectivity index (χ0) is 12.5. The number of aromatic hydroxyl groups is 1. The fraction of sp³-hybridized carbons (Fsp3) is 0. The van der Waals surface area contributed by atoms with E-state index in [2.05, 4.69) is 9.97 Å². The minimum Gasteiger partial charge on any atom is -0.508 e. The highest BCUT2D eigenvalue weighted by atomic mass is 16.3. The predicted octanol–water partition coefficient (Wildman–Crippen LogP) is 2.58. The van der Waals surface area contributed by atoms with Crippen molar-refractivity contribution in [2.75, 3.05) is 5.73 Å². The fourth-order valence-electron chi connectivity index (χ4n) is 1.84. The van der Waals surface area contributed by atoms with Gasteiger partial charge in [-0.2, -0.15) is 0 Å². The van der Waals surface area contributed by atoms with Crippen molar-refractivity contribution in [2.24, 2.45) is 0 Å². The van der Waals surface area contributed by atoms with Crippen LogP contribution < -0.4 is 5.73 Å². The van der Waals surface area contributed by atoms with Crippen LogP contribution in [0.4, 0.5) is 5.69 Å². The molecule has 18 heavy (non-hydrogen) atoms. The summed E-state index contributed by atoms with van der Waals surface area (Å²) in [6.45, 7) is 0. The van der Waals surface area contributed by atoms with Crippen LogP contribution in [0.25, 0.3) is 22.3 Å². The summed E-state index contributed by atoms with van der Waals surface area (Å²) in [5.74, 6) is 0.188. The van der Waals surface area contributed by atoms with Crippen molar-refractivity contribution in [3.05, 3.63) is 48.7 Å². The number of aromatic nitrogens is 2. The molecule has 0 aliphatic heterocycles. The van der Waals surface area contributed by atoms with Gasteiger partial charge in [-0.15, -0.1) is 0 Å². The second kappa shape index (κ2) is 4.00. The highest BCUT2D eigenvalue weighted by Crippen LogP contribution is 2.22. The van der Waals surface area contributed by atoms with Crippen LogP contribution in [0.3, 0.4) is 0 Å². The monoisotopic (exact) mass is 237 g/mol. The van der Waals surface area contributed by atoms with Crippen molar-refractivity contribution >= 4 is 16.7 Å². The maximum Gasteiger partial charge on any atom is 0.117 e. The summed E-state index contributed by atoms with van der Waals surface area (Å²) < 4.78 is 0. The first-order valence-corrected chi connectivity index (χ1v) is 5.54. The summed E-state index contributed by atoms with van der Waals surface area (Å²) >= 11 is 0. The van der Waals surface area contributed by atoms with E-state index >= 15 is 0 Å². The minimum absolute atomic E-state index is 0.188. The van der Waals surface area contributed by atoms with Gasteiger partial charge in [0.2, 0.25) is 0 Å². The molecule has 2 aromatic carbocycles. The Morgan fingerprint density at radius 2 is 1.89 bits per heavy atom. The van der Waals surface area contributed by atoms with Crippen molar-refractivity contribution in [3.63, 3.8) is 0 Å². The molecule has 0 aliphatic carbocycles. The second-order valence-corrected chi connectivity index (χ2v) is 4.05. The molecular formula is C14H11N3O. The molecule has 0 saturated carbocycles. The molecule has 0 unspecified atom stereocenters. The number of fused-ring (bicyclic) bond motifs is 1. The summed E-state index contributed by atoms with van der Waals surface area (Å²) in [6, 6.07) is 12.4. The normalized spacial score (nSPS) is 10.7. The molecule has 0 saturated heterocycles. The Hall–Kier alpha value is -2.62. The largest absolute Gasteiger partial charge is 0.508 e. The zero-order valence-corrected chi connectivity index (χ0v) is 9.54. The number of phenolic OH excluding ortho intramolecular Hbond substituents is 1. The number of nitrogens with zero attached hydrogens (tertiary/aromatic N) is 2. The maximum absolute atomic E-state index is 9.37. The van der Waals surface area contributed by atoms with Gasteiger partial charge in [-0.1, -0.05) is 12.1 Å². The minimum atomic E-state index is 0.188. The number of nitrogens with two attached hydrogens (primary N) is 1. The molecule has 0 atom stereocenters. The standard InChI is InChI=1S/C14H11N3O/c15-10-3-1-2-9(6-10)14-8-16-13-7-11(18)4-5-12(13)17-14/h1-8,18H,15H2. The van der Waals surface area contributed by atoms with Crippen LogP contribution in [0.1, 0.15) is 0 Å². The first kappa shape index (κ1) is 10.5. The van der Waals surface area contributed by atoms with Crippen molar-refractivity contribution in [1.82, 2.24) is 9.97 Å². The Balaban J connectivity index is 2.16. The van der Waals surface area contributed by atoms with E-state index in [1.54, 1.807) is 24.4 Å². The van der Waals surface area contributed by atoms with Crippen LogP contribution in [0, 0.1) is 0 Å². The van der Waals surface area contributed by atoms with E-state index in [-0.39, 0.29) is 5.75 Å². The number of benzene rings is 2. The van der Waals surface area contributed by atoms with E-state index < -0.39 is 0 Å². The van der Waals surface area contributed by atoms with Gasteiger partial charge in [0.25, 0.3) is 0 Å². The van der Waals surface area contributed by atoms with E-state index in [1.165, 1.54) is 0 Å². The lowest BCUT2D eigenvalue weighted by Gasteiger charge is -2.03. The third kappa shape index (κ3) is 1.84. The van der Waals surface area contributed by atoms with Crippen molar-refractivity contribution in [2.45, 2.75) is 0 Å². The maximum atomic E-state index is 9.37. The molecule has 0 spiro atoms. The topological polar surface area (TPSA) is 72.0 Å². The first-order chi connectivity index (χ1) is 8.72. The van der Waals surface area contributed by atoms with Gasteiger partial charge in [-0.3, -0.25) is 4.98 Å². The number of rotatable bonds is 1. The van der Waals surface area contributed by atoms with Crippen LogP contribution in [0.5, 0.6) is 5.75 Å². The molecule has 0 amide bonds. The van der Waals surface area contributed by atoms with Crippen LogP contribution in [0.15, 0.2) is 48.7 Å². The lowest BCUT2D eigenvalue weighted by Crippen LogP contribution is -1.90. The van der Waals surface area contributed by atoms with E-state index in [0.29, 0.717) is 11.2 Å². The van der Waals surface area contributed by atoms with E-state index in [1.807, 2.05) is 24.3 Å². The smallest absolute Gasteiger partial charge is 0.117 e. The van der Waals surface area contributed by atoms with Crippen LogP contribution in [-0.4, -0.2) is 15.1 Å². The molecule has 1 heterocycles. The molecule has 3 aromatic rings. The van der Waals surface area contributed by atoms with E-state index in [0.717, 1.165) is 16.8 Å². The SMILES string of the molecule is Nc1cccc(-c2cnc3cc(O)ccc3n2)c1. The number of phenols is 1. The quantitative estimate of drug-likeness (QED) is 0.638. The number of anilines is 1. The van der Waals surface area contributed by atoms with Crippen LogP contribution in [-0.2, 0) is 0 Å². The fourth-order valence-corrected chi connectivity index (χ4v) is 1.84. The summed E-state index contributed by atoms with van der Waals surface area (Å²) in [6.07, 6.45) is 1.68. The molecule has 4 heteroatoms. The Morgan fingerprint density at radius 1 is 1.00 bits per heavy atom. The third-order valence-electron chi connectivity index (χ3n) is 2.71. The van der Waals surface area contributed by atoms with Crippen molar-refractivity contribution in [3.8, 4) is 17.0 Å². The Labute approximate surface area is 104 Å². The highest BCUT2D eigenvalue weighted by molar-refractivity contribution is 5.78. The average molecular weight is 237 g/mol. The molecule has 3 rings (SSSR count). The van der Waals surface area contributed by atoms with Gasteiger partial charge >= 0.3 is 0 Å². The lowest BCUT2D eigenvalue weighted by atomic mass is 10.1. The predicted molar refractivity (Wildman–Crippen MR) is 71.1 cm³/mol. The van der Waals surface area contributed by atoms with E-state index in [9.17, 15) is 5.11 Å². The Morgan fingerprint density at radius 3 is 2.72 bits per heavy atom. The number of hydrogen-bond acceptors (Lipinski definition) is 4. The van der Waals surface area contributed by atoms with Crippen molar-refractivity contribution in [1.29, 1.82) is 0 Å². The Bertz CT molecular complexity index is 725. The van der Waals surface area contributed by atoms with Gasteiger partial charge < -0.3 is 10.8 Å². The Kier molecular flexibility index (Phi) is 2.34. The summed E-state index contributed by atoms with van der Waals surface area (Å²) in [5, 5.41) is 9.37. The molecule has 1 aromatic heterocycles. The van der Waals surface area contributed by atoms with Crippen molar-refractivity contribution < 1.29 is 5.11 Å². The van der Waals surface area contributed by atoms with Gasteiger partial charge in [0.1, 0.15) is 5.75 Å². The van der Waals surface area contributed by atoms with Gasteiger partial charge in [0, 0.05) is 17.3 Å². The summed E-state index contributed by atoms with van der Waals surface area (Å²) in [5.41, 5.74) is 9.55. The van der Waals surface area contributed by atoms with Crippen LogP contribution in [0.2, 0.25) is 0 Å². The lowest BCUT2D eigenvalue weighted by molar-refractivity contribution is 0.476. The molecule has 3 N–H and O–H groups in total. The molecule has 4 nitrogen and oxygen atoms in total. The van der Waals surface area contributed by atoms with Gasteiger partial charge in [0.05, 0.1) is 22.9 Å². The van der Waals surface area contributed by atoms with Gasteiger partial charge in [0.15, 0.2) is 0 Å². The molecule has 0 radical (unpaired) electrons. The zero-order valence-electron chi connectivity index (χ0n) is 9.54. The highest BCUT2D eigenvalue weighted by Gasteiger charge is 2.03. The molecular weight excluding hydrogens is 226 g/mol. The first-order valence-electron chi connectivity index (χ1n) is 5.54. The molecule has 0 fully saturated rings. The number of hydrogen-bond donors (Lipinski definition) is 2. The van der Waals surface area contributed by atoms with Gasteiger partial charge in [-0.05, 0) is 24.3 Å².